The van der Waals surface area contributed by atoms with Crippen molar-refractivity contribution in [2.24, 2.45) is 0 Å². The minimum Gasteiger partial charge on any atom is -0.376 e. The normalized spacial score (nSPS) is 22.3. The van der Waals surface area contributed by atoms with E-state index in [0.29, 0.717) is 6.54 Å². The maximum atomic E-state index is 12.5. The molecule has 0 spiro atoms. The Balaban J connectivity index is 1.66. The molecule has 0 bridgehead atoms. The Morgan fingerprint density at radius 2 is 2.14 bits per heavy atom. The molecule has 1 amide bonds. The van der Waals surface area contributed by atoms with E-state index in [-0.39, 0.29) is 12.0 Å². The molecule has 21 heavy (non-hydrogen) atoms. The Morgan fingerprint density at radius 1 is 1.33 bits per heavy atom. The highest BCUT2D eigenvalue weighted by Crippen LogP contribution is 2.21. The highest BCUT2D eigenvalue weighted by molar-refractivity contribution is 5.99. The zero-order chi connectivity index (χ0) is 14.5. The van der Waals surface area contributed by atoms with Gasteiger partial charge in [-0.05, 0) is 25.0 Å². The molecule has 114 valence electrons. The van der Waals surface area contributed by atoms with Gasteiger partial charge in [0.25, 0.3) is 5.91 Å². The lowest BCUT2D eigenvalue weighted by Crippen LogP contribution is -2.44. The van der Waals surface area contributed by atoms with Gasteiger partial charge in [0.1, 0.15) is 0 Å². The predicted molar refractivity (Wildman–Crippen MR) is 82.8 cm³/mol. The van der Waals surface area contributed by atoms with Crippen LogP contribution in [0.4, 0.5) is 5.69 Å². The molecular formula is C16H23N3O2. The first-order valence-electron chi connectivity index (χ1n) is 7.79. The van der Waals surface area contributed by atoms with Crippen LogP contribution in [0.25, 0.3) is 0 Å². The minimum absolute atomic E-state index is 0.000340. The second-order valence-corrected chi connectivity index (χ2v) is 5.60. The van der Waals surface area contributed by atoms with Crippen LogP contribution in [0.5, 0.6) is 0 Å². The second kappa shape index (κ2) is 6.91. The van der Waals surface area contributed by atoms with E-state index in [9.17, 15) is 4.79 Å². The largest absolute Gasteiger partial charge is 0.376 e. The first kappa shape index (κ1) is 14.4. The summed E-state index contributed by atoms with van der Waals surface area (Å²) in [5.74, 6) is -0.000340. The number of carbonyl (C=O) groups is 1. The number of carbonyl (C=O) groups excluding carboxylic acids is 1. The molecule has 2 saturated heterocycles. The number of anilines is 1. The molecule has 5 heteroatoms. The van der Waals surface area contributed by atoms with E-state index < -0.39 is 0 Å². The monoisotopic (exact) mass is 289 g/mol. The van der Waals surface area contributed by atoms with Crippen molar-refractivity contribution in [2.45, 2.75) is 18.9 Å². The van der Waals surface area contributed by atoms with E-state index in [1.165, 1.54) is 0 Å². The first-order chi connectivity index (χ1) is 10.3. The highest BCUT2D eigenvalue weighted by Gasteiger charge is 2.20. The van der Waals surface area contributed by atoms with Gasteiger partial charge in [-0.3, -0.25) is 4.79 Å². The van der Waals surface area contributed by atoms with Crippen molar-refractivity contribution in [3.05, 3.63) is 29.8 Å². The van der Waals surface area contributed by atoms with E-state index in [2.05, 4.69) is 15.5 Å². The lowest BCUT2D eigenvalue weighted by molar-refractivity contribution is 0.0858. The number of nitrogens with one attached hydrogen (secondary N) is 2. The number of hydrogen-bond donors (Lipinski definition) is 2. The maximum Gasteiger partial charge on any atom is 0.253 e. The molecule has 0 saturated carbocycles. The molecule has 3 rings (SSSR count). The zero-order valence-corrected chi connectivity index (χ0v) is 12.3. The summed E-state index contributed by atoms with van der Waals surface area (Å²) in [6.07, 6.45) is 2.32. The summed E-state index contributed by atoms with van der Waals surface area (Å²) >= 11 is 0. The van der Waals surface area contributed by atoms with Gasteiger partial charge in [-0.1, -0.05) is 12.1 Å². The summed E-state index contributed by atoms with van der Waals surface area (Å²) in [7, 11) is 0. The van der Waals surface area contributed by atoms with Crippen LogP contribution in [0.1, 0.15) is 23.2 Å². The van der Waals surface area contributed by atoms with Crippen LogP contribution < -0.4 is 15.5 Å². The van der Waals surface area contributed by atoms with Crippen molar-refractivity contribution >= 4 is 11.6 Å². The highest BCUT2D eigenvalue weighted by atomic mass is 16.5. The maximum absolute atomic E-state index is 12.5. The Bertz CT molecular complexity index is 480. The van der Waals surface area contributed by atoms with Crippen LogP contribution in [-0.2, 0) is 4.74 Å². The van der Waals surface area contributed by atoms with Crippen molar-refractivity contribution in [1.82, 2.24) is 10.6 Å². The number of ether oxygens (including phenoxy) is 1. The molecule has 2 N–H and O–H groups in total. The molecule has 1 unspecified atom stereocenters. The molecule has 0 aromatic heterocycles. The minimum atomic E-state index is -0.000340. The Labute approximate surface area is 125 Å². The summed E-state index contributed by atoms with van der Waals surface area (Å²) in [5.41, 5.74) is 1.79. The Hall–Kier alpha value is -1.59. The van der Waals surface area contributed by atoms with Gasteiger partial charge in [0.05, 0.1) is 11.7 Å². The fraction of sp³-hybridized carbons (Fsp3) is 0.562. The molecule has 2 aliphatic heterocycles. The summed E-state index contributed by atoms with van der Waals surface area (Å²) in [6.45, 7) is 5.23. The quantitative estimate of drug-likeness (QED) is 0.868. The van der Waals surface area contributed by atoms with Crippen LogP contribution in [0.3, 0.4) is 0 Å². The van der Waals surface area contributed by atoms with Gasteiger partial charge in [-0.15, -0.1) is 0 Å². The lowest BCUT2D eigenvalue weighted by atomic mass is 10.1. The van der Waals surface area contributed by atoms with Crippen LogP contribution in [0.15, 0.2) is 24.3 Å². The number of amides is 1. The third kappa shape index (κ3) is 3.54. The van der Waals surface area contributed by atoms with E-state index in [4.69, 9.17) is 4.74 Å². The summed E-state index contributed by atoms with van der Waals surface area (Å²) in [4.78, 5) is 14.7. The average molecular weight is 289 g/mol. The predicted octanol–water partition coefficient (Wildman–Crippen LogP) is 1.01. The standard InChI is InChI=1S/C16H23N3O2/c20-16(18-12-13-4-3-11-21-13)14-5-1-2-6-15(14)19-9-7-17-8-10-19/h1-2,5-6,13,17H,3-4,7-12H2,(H,18,20). The summed E-state index contributed by atoms with van der Waals surface area (Å²) < 4.78 is 5.55. The number of hydrogen-bond acceptors (Lipinski definition) is 4. The molecule has 1 aromatic rings. The van der Waals surface area contributed by atoms with Gasteiger partial charge < -0.3 is 20.3 Å². The SMILES string of the molecule is O=C(NCC1CCCO1)c1ccccc1N1CCNCC1. The molecule has 1 atom stereocenters. The number of rotatable bonds is 4. The van der Waals surface area contributed by atoms with Crippen molar-refractivity contribution in [3.8, 4) is 0 Å². The van der Waals surface area contributed by atoms with Crippen molar-refractivity contribution in [1.29, 1.82) is 0 Å². The lowest BCUT2D eigenvalue weighted by Gasteiger charge is -2.30. The average Bonchev–Trinajstić information content (AvgIpc) is 3.07. The smallest absolute Gasteiger partial charge is 0.253 e. The van der Waals surface area contributed by atoms with Crippen LogP contribution in [0.2, 0.25) is 0 Å². The summed E-state index contributed by atoms with van der Waals surface area (Å²) in [5, 5.41) is 6.35. The van der Waals surface area contributed by atoms with Crippen LogP contribution in [0, 0.1) is 0 Å². The molecule has 2 heterocycles. The molecule has 2 aliphatic rings. The van der Waals surface area contributed by atoms with Gasteiger partial charge in [0.15, 0.2) is 0 Å². The number of para-hydroxylation sites is 1. The summed E-state index contributed by atoms with van der Waals surface area (Å²) in [6, 6.07) is 7.86. The van der Waals surface area contributed by atoms with Crippen LogP contribution >= 0.6 is 0 Å². The topological polar surface area (TPSA) is 53.6 Å². The Kier molecular flexibility index (Phi) is 4.72. The number of nitrogens with zero attached hydrogens (tertiary/aromatic N) is 1. The van der Waals surface area contributed by atoms with Gasteiger partial charge in [-0.2, -0.15) is 0 Å². The molecule has 2 fully saturated rings. The van der Waals surface area contributed by atoms with E-state index in [1.807, 2.05) is 24.3 Å². The zero-order valence-electron chi connectivity index (χ0n) is 12.3. The van der Waals surface area contributed by atoms with Crippen LogP contribution in [-0.4, -0.2) is 51.3 Å². The molecular weight excluding hydrogens is 266 g/mol. The van der Waals surface area contributed by atoms with E-state index >= 15 is 0 Å². The third-order valence-corrected chi connectivity index (χ3v) is 4.12. The fourth-order valence-electron chi connectivity index (χ4n) is 2.95. The molecule has 0 radical (unpaired) electrons. The fourth-order valence-corrected chi connectivity index (χ4v) is 2.95. The second-order valence-electron chi connectivity index (χ2n) is 5.60. The Morgan fingerprint density at radius 3 is 2.90 bits per heavy atom. The third-order valence-electron chi connectivity index (χ3n) is 4.12. The number of piperazine rings is 1. The van der Waals surface area contributed by atoms with E-state index in [0.717, 1.165) is 56.9 Å². The van der Waals surface area contributed by atoms with Gasteiger partial charge >= 0.3 is 0 Å². The van der Waals surface area contributed by atoms with E-state index in [1.54, 1.807) is 0 Å². The van der Waals surface area contributed by atoms with Crippen molar-refractivity contribution in [2.75, 3.05) is 44.2 Å². The van der Waals surface area contributed by atoms with Gasteiger partial charge in [0.2, 0.25) is 0 Å². The first-order valence-corrected chi connectivity index (χ1v) is 7.79. The van der Waals surface area contributed by atoms with Gasteiger partial charge in [0, 0.05) is 45.0 Å². The van der Waals surface area contributed by atoms with Gasteiger partial charge in [-0.25, -0.2) is 0 Å². The van der Waals surface area contributed by atoms with Crippen molar-refractivity contribution in [3.63, 3.8) is 0 Å². The number of benzene rings is 1. The molecule has 5 nitrogen and oxygen atoms in total. The molecule has 1 aromatic carbocycles. The van der Waals surface area contributed by atoms with Crippen molar-refractivity contribution < 1.29 is 9.53 Å². The molecule has 0 aliphatic carbocycles.